The molecule has 0 saturated carbocycles. The van der Waals surface area contributed by atoms with Gasteiger partial charge in [0.15, 0.2) is 0 Å². The van der Waals surface area contributed by atoms with Crippen LogP contribution in [0, 0.1) is 13.8 Å². The van der Waals surface area contributed by atoms with Crippen molar-refractivity contribution in [2.75, 3.05) is 0 Å². The Balaban J connectivity index is 1.62. The molecule has 1 N–H and O–H groups in total. The van der Waals surface area contributed by atoms with Crippen LogP contribution in [-0.4, -0.2) is 10.9 Å². The molecule has 0 spiro atoms. The Kier molecular flexibility index (Phi) is 4.94. The Morgan fingerprint density at radius 2 is 2.17 bits per heavy atom. The van der Waals surface area contributed by atoms with E-state index < -0.39 is 0 Å². The zero-order valence-electron chi connectivity index (χ0n) is 13.3. The van der Waals surface area contributed by atoms with E-state index in [-0.39, 0.29) is 11.9 Å². The average molecular weight is 363 g/mol. The highest BCUT2D eigenvalue weighted by atomic mass is 32.1. The number of rotatable bonds is 5. The summed E-state index contributed by atoms with van der Waals surface area (Å²) in [6, 6.07) is 6.25. The van der Waals surface area contributed by atoms with E-state index in [0.717, 1.165) is 15.6 Å². The summed E-state index contributed by atoms with van der Waals surface area (Å²) < 4.78 is 0. The number of nitrogens with one attached hydrogen (secondary N) is 1. The van der Waals surface area contributed by atoms with Gasteiger partial charge in [-0.1, -0.05) is 6.07 Å². The lowest BCUT2D eigenvalue weighted by molar-refractivity contribution is -0.121. The van der Waals surface area contributed by atoms with Crippen molar-refractivity contribution >= 4 is 39.9 Å². The quantitative estimate of drug-likeness (QED) is 0.696. The summed E-state index contributed by atoms with van der Waals surface area (Å²) in [7, 11) is 0. The molecule has 1 amide bonds. The average Bonchev–Trinajstić information content (AvgIpc) is 3.19. The second-order valence-electron chi connectivity index (χ2n) is 5.46. The maximum absolute atomic E-state index is 12.3. The van der Waals surface area contributed by atoms with Gasteiger partial charge in [-0.05, 0) is 43.8 Å². The molecule has 0 aliphatic heterocycles. The van der Waals surface area contributed by atoms with Gasteiger partial charge in [0.05, 0.1) is 23.0 Å². The number of aromatic nitrogens is 1. The molecule has 0 aliphatic rings. The first-order chi connectivity index (χ1) is 11.0. The standard InChI is InChI=1S/C17H18N2OS3/c1-10-7-14(12(3)23-10)11(2)18-16(20)8-13-9-22-17(19-13)15-5-4-6-21-15/h4-7,9,11H,8H2,1-3H3,(H,18,20). The summed E-state index contributed by atoms with van der Waals surface area (Å²) in [5.74, 6) is 0.0174. The molecule has 0 aliphatic carbocycles. The molecule has 0 saturated heterocycles. The van der Waals surface area contributed by atoms with Gasteiger partial charge in [0, 0.05) is 15.1 Å². The Morgan fingerprint density at radius 3 is 2.83 bits per heavy atom. The lowest BCUT2D eigenvalue weighted by atomic mass is 10.1. The van der Waals surface area contributed by atoms with Crippen LogP contribution in [0.25, 0.3) is 9.88 Å². The predicted octanol–water partition coefficient (Wildman–Crippen LogP) is 4.97. The van der Waals surface area contributed by atoms with Gasteiger partial charge >= 0.3 is 0 Å². The molecule has 0 radical (unpaired) electrons. The fraction of sp³-hybridized carbons (Fsp3) is 0.294. The summed E-state index contributed by atoms with van der Waals surface area (Å²) in [4.78, 5) is 20.5. The van der Waals surface area contributed by atoms with Crippen LogP contribution in [0.4, 0.5) is 0 Å². The molecule has 0 fully saturated rings. The molecule has 23 heavy (non-hydrogen) atoms. The zero-order valence-corrected chi connectivity index (χ0v) is 15.7. The molecular weight excluding hydrogens is 344 g/mol. The number of hydrogen-bond donors (Lipinski definition) is 1. The summed E-state index contributed by atoms with van der Waals surface area (Å²) in [5, 5.41) is 8.07. The smallest absolute Gasteiger partial charge is 0.226 e. The number of carbonyl (C=O) groups excluding carboxylic acids is 1. The highest BCUT2D eigenvalue weighted by molar-refractivity contribution is 7.20. The number of carbonyl (C=O) groups is 1. The molecule has 120 valence electrons. The Morgan fingerprint density at radius 1 is 1.35 bits per heavy atom. The highest BCUT2D eigenvalue weighted by Gasteiger charge is 2.15. The van der Waals surface area contributed by atoms with Crippen LogP contribution in [-0.2, 0) is 11.2 Å². The molecule has 6 heteroatoms. The van der Waals surface area contributed by atoms with Gasteiger partial charge in [-0.2, -0.15) is 0 Å². The molecule has 3 nitrogen and oxygen atoms in total. The fourth-order valence-corrected chi connectivity index (χ4v) is 5.17. The van der Waals surface area contributed by atoms with Crippen LogP contribution >= 0.6 is 34.0 Å². The van der Waals surface area contributed by atoms with E-state index in [1.807, 2.05) is 23.8 Å². The molecule has 0 bridgehead atoms. The zero-order chi connectivity index (χ0) is 16.4. The Hall–Kier alpha value is -1.50. The summed E-state index contributed by atoms with van der Waals surface area (Å²) in [5.41, 5.74) is 2.04. The molecule has 3 aromatic heterocycles. The Bertz CT molecular complexity index is 802. The second-order valence-corrected chi connectivity index (χ2v) is 8.72. The number of thiazole rings is 1. The minimum Gasteiger partial charge on any atom is -0.349 e. The van der Waals surface area contributed by atoms with Crippen LogP contribution in [0.1, 0.15) is 34.0 Å². The lowest BCUT2D eigenvalue weighted by Gasteiger charge is -2.13. The number of thiophene rings is 2. The largest absolute Gasteiger partial charge is 0.349 e. The molecular formula is C17H18N2OS3. The minimum atomic E-state index is 0.0174. The maximum atomic E-state index is 12.3. The van der Waals surface area contributed by atoms with E-state index in [1.165, 1.54) is 15.3 Å². The van der Waals surface area contributed by atoms with Crippen molar-refractivity contribution in [3.8, 4) is 9.88 Å². The van der Waals surface area contributed by atoms with Crippen LogP contribution in [0.2, 0.25) is 0 Å². The number of nitrogens with zero attached hydrogens (tertiary/aromatic N) is 1. The molecule has 3 heterocycles. The molecule has 3 rings (SSSR count). The third-order valence-corrected chi connectivity index (χ3v) is 6.46. The first-order valence-corrected chi connectivity index (χ1v) is 9.95. The van der Waals surface area contributed by atoms with Crippen molar-refractivity contribution in [1.82, 2.24) is 10.3 Å². The van der Waals surface area contributed by atoms with E-state index in [2.05, 4.69) is 36.3 Å². The first-order valence-electron chi connectivity index (χ1n) is 7.37. The van der Waals surface area contributed by atoms with Gasteiger partial charge in [0.1, 0.15) is 5.01 Å². The maximum Gasteiger partial charge on any atom is 0.226 e. The van der Waals surface area contributed by atoms with Gasteiger partial charge < -0.3 is 5.32 Å². The fourth-order valence-electron chi connectivity index (χ4n) is 2.52. The molecule has 1 unspecified atom stereocenters. The van der Waals surface area contributed by atoms with Gasteiger partial charge in [-0.15, -0.1) is 34.0 Å². The van der Waals surface area contributed by atoms with Crippen LogP contribution < -0.4 is 5.32 Å². The third-order valence-electron chi connectivity index (χ3n) is 3.55. The molecule has 1 atom stereocenters. The van der Waals surface area contributed by atoms with Crippen molar-refractivity contribution in [3.63, 3.8) is 0 Å². The monoisotopic (exact) mass is 362 g/mol. The normalized spacial score (nSPS) is 12.3. The summed E-state index contributed by atoms with van der Waals surface area (Å²) >= 11 is 5.03. The molecule has 0 aromatic carbocycles. The van der Waals surface area contributed by atoms with Crippen LogP contribution in [0.5, 0.6) is 0 Å². The number of amides is 1. The minimum absolute atomic E-state index is 0.0174. The van der Waals surface area contributed by atoms with E-state index in [9.17, 15) is 4.79 Å². The number of aryl methyl sites for hydroxylation is 2. The van der Waals surface area contributed by atoms with Crippen molar-refractivity contribution in [2.45, 2.75) is 33.2 Å². The summed E-state index contributed by atoms with van der Waals surface area (Å²) in [6.07, 6.45) is 0.328. The topological polar surface area (TPSA) is 42.0 Å². The predicted molar refractivity (Wildman–Crippen MR) is 99.5 cm³/mol. The second kappa shape index (κ2) is 6.95. The Labute approximate surface area is 148 Å². The highest BCUT2D eigenvalue weighted by Crippen LogP contribution is 2.28. The number of hydrogen-bond acceptors (Lipinski definition) is 5. The van der Waals surface area contributed by atoms with E-state index in [0.29, 0.717) is 6.42 Å². The SMILES string of the molecule is Cc1cc(C(C)NC(=O)Cc2csc(-c3cccs3)n2)c(C)s1. The van der Waals surface area contributed by atoms with Gasteiger partial charge in [-0.3, -0.25) is 4.79 Å². The van der Waals surface area contributed by atoms with Gasteiger partial charge in [-0.25, -0.2) is 4.98 Å². The lowest BCUT2D eigenvalue weighted by Crippen LogP contribution is -2.28. The van der Waals surface area contributed by atoms with E-state index >= 15 is 0 Å². The van der Waals surface area contributed by atoms with E-state index in [1.54, 1.807) is 34.0 Å². The molecule has 3 aromatic rings. The van der Waals surface area contributed by atoms with Crippen molar-refractivity contribution in [2.24, 2.45) is 0 Å². The third kappa shape index (κ3) is 3.88. The van der Waals surface area contributed by atoms with Gasteiger partial charge in [0.25, 0.3) is 0 Å². The van der Waals surface area contributed by atoms with E-state index in [4.69, 9.17) is 0 Å². The van der Waals surface area contributed by atoms with Crippen LogP contribution in [0.3, 0.4) is 0 Å². The van der Waals surface area contributed by atoms with Crippen LogP contribution in [0.15, 0.2) is 29.0 Å². The first kappa shape index (κ1) is 16.4. The van der Waals surface area contributed by atoms with Crippen molar-refractivity contribution < 1.29 is 4.79 Å². The summed E-state index contributed by atoms with van der Waals surface area (Å²) in [6.45, 7) is 6.23. The van der Waals surface area contributed by atoms with Crippen molar-refractivity contribution in [3.05, 3.63) is 50.0 Å². The van der Waals surface area contributed by atoms with Crippen molar-refractivity contribution in [1.29, 1.82) is 0 Å². The van der Waals surface area contributed by atoms with Gasteiger partial charge in [0.2, 0.25) is 5.91 Å².